The van der Waals surface area contributed by atoms with Gasteiger partial charge in [-0.25, -0.2) is 0 Å². The van der Waals surface area contributed by atoms with E-state index in [1.807, 2.05) is 0 Å². The Kier molecular flexibility index (Phi) is 43.4. The molecular formula is C52H96N8O5. The van der Waals surface area contributed by atoms with Crippen molar-refractivity contribution in [2.24, 2.45) is 22.2 Å². The molecule has 0 heterocycles. The van der Waals surface area contributed by atoms with Crippen LogP contribution in [0.4, 0.5) is 0 Å². The van der Waals surface area contributed by atoms with Gasteiger partial charge in [-0.3, -0.25) is 29.0 Å². The highest BCUT2D eigenvalue weighted by Crippen LogP contribution is 2.12. The zero-order valence-electron chi connectivity index (χ0n) is 41.4. The number of nitrogens with two attached hydrogens (primary N) is 3. The average Bonchev–Trinajstić information content (AvgIpc) is 3.28. The van der Waals surface area contributed by atoms with Crippen LogP contribution in [0.2, 0.25) is 0 Å². The first-order chi connectivity index (χ1) is 31.6. The number of nitrogens with one attached hydrogen (secondary N) is 3. The van der Waals surface area contributed by atoms with Crippen LogP contribution in [0, 0.1) is 0 Å². The highest BCUT2D eigenvalue weighted by atomic mass is 16.2. The fraction of sp³-hybridized carbons (Fsp3) is 0.769. The van der Waals surface area contributed by atoms with Gasteiger partial charge in [-0.15, -0.1) is 0 Å². The molecule has 0 aromatic rings. The summed E-state index contributed by atoms with van der Waals surface area (Å²) in [4.78, 5) is 68.4. The van der Waals surface area contributed by atoms with Crippen LogP contribution in [0.3, 0.4) is 0 Å². The monoisotopic (exact) mass is 913 g/mol. The lowest BCUT2D eigenvalue weighted by molar-refractivity contribution is -0.126. The van der Waals surface area contributed by atoms with Crippen LogP contribution < -0.4 is 33.2 Å². The predicted molar refractivity (Wildman–Crippen MR) is 271 cm³/mol. The van der Waals surface area contributed by atoms with E-state index in [9.17, 15) is 24.0 Å². The molecule has 0 aliphatic carbocycles. The minimum Gasteiger partial charge on any atom is -0.370 e. The van der Waals surface area contributed by atoms with Crippen molar-refractivity contribution >= 4 is 35.5 Å². The van der Waals surface area contributed by atoms with Gasteiger partial charge < -0.3 is 38.1 Å². The molecule has 0 aromatic carbocycles. The lowest BCUT2D eigenvalue weighted by atomic mass is 10.1. The molecule has 0 aromatic heterocycles. The van der Waals surface area contributed by atoms with E-state index in [0.717, 1.165) is 57.4 Å². The third-order valence-electron chi connectivity index (χ3n) is 11.5. The molecule has 9 N–H and O–H groups in total. The molecule has 0 radical (unpaired) electrons. The van der Waals surface area contributed by atoms with Gasteiger partial charge in [0.25, 0.3) is 0 Å². The number of carbonyl (C=O) groups is 5. The molecule has 13 nitrogen and oxygen atoms in total. The summed E-state index contributed by atoms with van der Waals surface area (Å²) in [6, 6.07) is -0.946. The van der Waals surface area contributed by atoms with Crippen LogP contribution in [-0.4, -0.2) is 79.2 Å². The molecule has 13 heteroatoms. The van der Waals surface area contributed by atoms with E-state index in [1.165, 1.54) is 122 Å². The standard InChI is InChI=1S/C52H96N8O5/c1-3-5-7-9-11-13-15-17-19-21-23-25-27-29-31-37-47(61)56-42-34-44-60(50(64)40-39-49(63)59-46(51(53)65)36-33-41-58-52(54)55)45-35-43-57-48(62)38-32-30-28-26-24-22-20-18-16-14-12-10-8-6-4-2/h17-20,39-40,46H,3-16,21-38,41-45H2,1-2H3,(H2,53,65)(H,56,61)(H,57,62)(H,59,63)(H4,54,55,58)/b19-17-,20-18-,40-39-/t46-/m0/s1. The summed E-state index contributed by atoms with van der Waals surface area (Å²) in [6.45, 7) is 6.34. The molecule has 0 fully saturated rings. The van der Waals surface area contributed by atoms with E-state index in [2.05, 4.69) is 59.1 Å². The molecule has 0 saturated carbocycles. The Labute approximate surface area is 395 Å². The third kappa shape index (κ3) is 43.5. The maximum absolute atomic E-state index is 13.3. The van der Waals surface area contributed by atoms with E-state index in [0.29, 0.717) is 58.3 Å². The number of amides is 5. The number of unbranched alkanes of at least 4 members (excludes halogenated alkanes) is 22. The van der Waals surface area contributed by atoms with E-state index in [1.54, 1.807) is 4.90 Å². The van der Waals surface area contributed by atoms with Gasteiger partial charge in [-0.2, -0.15) is 0 Å². The minimum absolute atomic E-state index is 0.00771. The first kappa shape index (κ1) is 60.8. The molecular weight excluding hydrogens is 817 g/mol. The summed E-state index contributed by atoms with van der Waals surface area (Å²) in [6.07, 6.45) is 45.7. The SMILES string of the molecule is CCCCCCCC/C=C\CCCCCCCC(=O)NCCCN(CCCNC(=O)CCCCCCC/C=C\CCCCCCCC)C(=O)/C=C\C(=O)N[C@@H](CCCN=C(N)N)C(N)=O. The number of aliphatic imine (C=N–C) groups is 1. The Balaban J connectivity index is 4.65. The average molecular weight is 913 g/mol. The molecule has 1 atom stereocenters. The zero-order chi connectivity index (χ0) is 47.9. The van der Waals surface area contributed by atoms with Crippen LogP contribution >= 0.6 is 0 Å². The van der Waals surface area contributed by atoms with Gasteiger partial charge >= 0.3 is 0 Å². The van der Waals surface area contributed by atoms with Crippen molar-refractivity contribution in [1.29, 1.82) is 0 Å². The van der Waals surface area contributed by atoms with E-state index in [4.69, 9.17) is 17.2 Å². The van der Waals surface area contributed by atoms with E-state index in [-0.39, 0.29) is 36.6 Å². The highest BCUT2D eigenvalue weighted by molar-refractivity contribution is 5.98. The maximum atomic E-state index is 13.3. The number of hydrogen-bond donors (Lipinski definition) is 6. The van der Waals surface area contributed by atoms with Crippen molar-refractivity contribution in [2.75, 3.05) is 32.7 Å². The maximum Gasteiger partial charge on any atom is 0.246 e. The van der Waals surface area contributed by atoms with Crippen molar-refractivity contribution in [2.45, 2.75) is 225 Å². The topological polar surface area (TPSA) is 215 Å². The molecule has 0 aliphatic rings. The fourth-order valence-electron chi connectivity index (χ4n) is 7.48. The van der Waals surface area contributed by atoms with E-state index < -0.39 is 17.9 Å². The second-order valence-electron chi connectivity index (χ2n) is 17.6. The van der Waals surface area contributed by atoms with Crippen LogP contribution in [0.5, 0.6) is 0 Å². The molecule has 0 aliphatic heterocycles. The Morgan fingerprint density at radius 3 is 1.31 bits per heavy atom. The molecule has 0 spiro atoms. The zero-order valence-corrected chi connectivity index (χ0v) is 41.4. The summed E-state index contributed by atoms with van der Waals surface area (Å²) in [5.74, 6) is -1.77. The second kappa shape index (κ2) is 46.4. The molecule has 0 saturated heterocycles. The number of allylic oxidation sites excluding steroid dienone is 4. The predicted octanol–water partition coefficient (Wildman–Crippen LogP) is 9.48. The lowest BCUT2D eigenvalue weighted by Crippen LogP contribution is -2.44. The summed E-state index contributed by atoms with van der Waals surface area (Å²) in [5.41, 5.74) is 16.2. The number of primary amides is 1. The molecule has 0 unspecified atom stereocenters. The van der Waals surface area contributed by atoms with Gasteiger partial charge in [-0.05, 0) is 89.9 Å². The molecule has 5 amide bonds. The molecule has 65 heavy (non-hydrogen) atoms. The van der Waals surface area contributed by atoms with Gasteiger partial charge in [0.15, 0.2) is 5.96 Å². The van der Waals surface area contributed by atoms with Gasteiger partial charge in [0, 0.05) is 57.7 Å². The number of rotatable bonds is 46. The summed E-state index contributed by atoms with van der Waals surface area (Å²) >= 11 is 0. The lowest BCUT2D eigenvalue weighted by Gasteiger charge is -2.21. The smallest absolute Gasteiger partial charge is 0.246 e. The molecule has 0 rings (SSSR count). The van der Waals surface area contributed by atoms with Crippen molar-refractivity contribution in [3.8, 4) is 0 Å². The van der Waals surface area contributed by atoms with Gasteiger partial charge in [0.05, 0.1) is 0 Å². The summed E-state index contributed by atoms with van der Waals surface area (Å²) < 4.78 is 0. The van der Waals surface area contributed by atoms with Crippen LogP contribution in [-0.2, 0) is 24.0 Å². The highest BCUT2D eigenvalue weighted by Gasteiger charge is 2.17. The van der Waals surface area contributed by atoms with Crippen LogP contribution in [0.15, 0.2) is 41.4 Å². The van der Waals surface area contributed by atoms with Crippen molar-refractivity contribution in [3.63, 3.8) is 0 Å². The van der Waals surface area contributed by atoms with Crippen molar-refractivity contribution < 1.29 is 24.0 Å². The van der Waals surface area contributed by atoms with E-state index >= 15 is 0 Å². The Hall–Kier alpha value is -4.16. The number of hydrogen-bond acceptors (Lipinski definition) is 6. The fourth-order valence-corrected chi connectivity index (χ4v) is 7.48. The van der Waals surface area contributed by atoms with Crippen molar-refractivity contribution in [3.05, 3.63) is 36.5 Å². The summed E-state index contributed by atoms with van der Waals surface area (Å²) in [7, 11) is 0. The minimum atomic E-state index is -0.946. The number of nitrogens with zero attached hydrogens (tertiary/aromatic N) is 2. The Morgan fingerprint density at radius 2 is 0.908 bits per heavy atom. The Bertz CT molecular complexity index is 1270. The van der Waals surface area contributed by atoms with Gasteiger partial charge in [0.1, 0.15) is 6.04 Å². The normalized spacial score (nSPS) is 11.9. The summed E-state index contributed by atoms with van der Waals surface area (Å²) in [5, 5.41) is 8.50. The number of guanidine groups is 1. The van der Waals surface area contributed by atoms with Crippen LogP contribution in [0.25, 0.3) is 0 Å². The molecule has 374 valence electrons. The second-order valence-corrected chi connectivity index (χ2v) is 17.6. The quantitative estimate of drug-likeness (QED) is 0.0114. The number of carbonyl (C=O) groups excluding carboxylic acids is 5. The van der Waals surface area contributed by atoms with Crippen LogP contribution in [0.1, 0.15) is 219 Å². The Morgan fingerprint density at radius 1 is 0.508 bits per heavy atom. The first-order valence-electron chi connectivity index (χ1n) is 26.1. The first-order valence-corrected chi connectivity index (χ1v) is 26.1. The van der Waals surface area contributed by atoms with Crippen molar-refractivity contribution in [1.82, 2.24) is 20.9 Å². The van der Waals surface area contributed by atoms with Gasteiger partial charge in [-0.1, -0.05) is 141 Å². The largest absolute Gasteiger partial charge is 0.370 e. The van der Waals surface area contributed by atoms with Gasteiger partial charge in [0.2, 0.25) is 29.5 Å². The third-order valence-corrected chi connectivity index (χ3v) is 11.5. The molecule has 0 bridgehead atoms.